The number of carbonyl (C=O) groups excluding carboxylic acids is 1. The van der Waals surface area contributed by atoms with Gasteiger partial charge in [-0.2, -0.15) is 0 Å². The SMILES string of the molecule is CCC(C)(CO)NC(=O)Nc1cccc(-c2nc(C)c(C)o2)c1. The van der Waals surface area contributed by atoms with Crippen molar-refractivity contribution in [2.45, 2.75) is 39.7 Å². The van der Waals surface area contributed by atoms with E-state index in [0.29, 0.717) is 18.0 Å². The van der Waals surface area contributed by atoms with Gasteiger partial charge in [0.2, 0.25) is 5.89 Å². The van der Waals surface area contributed by atoms with Gasteiger partial charge in [-0.05, 0) is 45.4 Å². The summed E-state index contributed by atoms with van der Waals surface area (Å²) in [5.74, 6) is 1.30. The van der Waals surface area contributed by atoms with E-state index in [2.05, 4.69) is 15.6 Å². The van der Waals surface area contributed by atoms with E-state index in [0.717, 1.165) is 17.0 Å². The molecule has 1 aromatic heterocycles. The summed E-state index contributed by atoms with van der Waals surface area (Å²) in [4.78, 5) is 16.4. The molecule has 6 nitrogen and oxygen atoms in total. The number of benzene rings is 1. The first-order chi connectivity index (χ1) is 10.9. The van der Waals surface area contributed by atoms with Gasteiger partial charge in [-0.1, -0.05) is 13.0 Å². The summed E-state index contributed by atoms with van der Waals surface area (Å²) in [6.07, 6.45) is 0.631. The molecule has 0 aliphatic carbocycles. The quantitative estimate of drug-likeness (QED) is 0.790. The number of hydrogen-bond donors (Lipinski definition) is 3. The minimum absolute atomic E-state index is 0.119. The zero-order chi connectivity index (χ0) is 17.0. The van der Waals surface area contributed by atoms with Crippen LogP contribution in [0.3, 0.4) is 0 Å². The molecule has 0 saturated carbocycles. The van der Waals surface area contributed by atoms with Gasteiger partial charge < -0.3 is 20.2 Å². The number of anilines is 1. The molecule has 0 aliphatic rings. The first kappa shape index (κ1) is 17.0. The van der Waals surface area contributed by atoms with Crippen LogP contribution in [-0.4, -0.2) is 28.3 Å². The Morgan fingerprint density at radius 1 is 1.39 bits per heavy atom. The van der Waals surface area contributed by atoms with Crippen molar-refractivity contribution in [3.05, 3.63) is 35.7 Å². The van der Waals surface area contributed by atoms with Crippen LogP contribution in [0.2, 0.25) is 0 Å². The second-order valence-electron chi connectivity index (χ2n) is 5.89. The van der Waals surface area contributed by atoms with Gasteiger partial charge in [0.15, 0.2) is 0 Å². The number of aliphatic hydroxyl groups excluding tert-OH is 1. The Labute approximate surface area is 135 Å². The van der Waals surface area contributed by atoms with E-state index in [1.165, 1.54) is 0 Å². The van der Waals surface area contributed by atoms with E-state index in [1.807, 2.05) is 32.9 Å². The molecule has 0 saturated heterocycles. The lowest BCUT2D eigenvalue weighted by atomic mass is 10.0. The normalized spacial score (nSPS) is 13.4. The van der Waals surface area contributed by atoms with Crippen molar-refractivity contribution in [3.63, 3.8) is 0 Å². The highest BCUT2D eigenvalue weighted by Crippen LogP contribution is 2.24. The summed E-state index contributed by atoms with van der Waals surface area (Å²) in [6, 6.07) is 6.92. The third-order valence-corrected chi connectivity index (χ3v) is 3.94. The number of urea groups is 1. The summed E-state index contributed by atoms with van der Waals surface area (Å²) in [7, 11) is 0. The molecule has 1 unspecified atom stereocenters. The van der Waals surface area contributed by atoms with E-state index in [-0.39, 0.29) is 12.6 Å². The number of carbonyl (C=O) groups is 1. The molecule has 0 radical (unpaired) electrons. The number of aromatic nitrogens is 1. The van der Waals surface area contributed by atoms with E-state index in [9.17, 15) is 9.90 Å². The van der Waals surface area contributed by atoms with Crippen LogP contribution in [0.25, 0.3) is 11.5 Å². The molecule has 124 valence electrons. The summed E-state index contributed by atoms with van der Waals surface area (Å²) >= 11 is 0. The maximum absolute atomic E-state index is 12.1. The van der Waals surface area contributed by atoms with Crippen molar-refractivity contribution >= 4 is 11.7 Å². The Kier molecular flexibility index (Phi) is 5.05. The number of aliphatic hydroxyl groups is 1. The fourth-order valence-corrected chi connectivity index (χ4v) is 2.00. The largest absolute Gasteiger partial charge is 0.441 e. The van der Waals surface area contributed by atoms with Gasteiger partial charge in [0.05, 0.1) is 17.8 Å². The Morgan fingerprint density at radius 3 is 2.70 bits per heavy atom. The van der Waals surface area contributed by atoms with Gasteiger partial charge in [-0.25, -0.2) is 9.78 Å². The highest BCUT2D eigenvalue weighted by Gasteiger charge is 2.23. The number of hydrogen-bond acceptors (Lipinski definition) is 4. The van der Waals surface area contributed by atoms with Gasteiger partial charge in [0.1, 0.15) is 5.76 Å². The molecule has 0 aliphatic heterocycles. The highest BCUT2D eigenvalue weighted by molar-refractivity contribution is 5.90. The fraction of sp³-hybridized carbons (Fsp3) is 0.412. The smallest absolute Gasteiger partial charge is 0.319 e. The van der Waals surface area contributed by atoms with Crippen LogP contribution in [0, 0.1) is 13.8 Å². The number of amides is 2. The van der Waals surface area contributed by atoms with Gasteiger partial charge >= 0.3 is 6.03 Å². The molecule has 23 heavy (non-hydrogen) atoms. The van der Waals surface area contributed by atoms with E-state index in [4.69, 9.17) is 4.42 Å². The van der Waals surface area contributed by atoms with Crippen molar-refractivity contribution in [2.24, 2.45) is 0 Å². The molecule has 1 heterocycles. The summed E-state index contributed by atoms with van der Waals surface area (Å²) in [5.41, 5.74) is 1.63. The molecule has 1 aromatic carbocycles. The standard InChI is InChI=1S/C17H23N3O3/c1-5-17(4,10-21)20-16(22)19-14-8-6-7-13(9-14)15-18-11(2)12(3)23-15/h6-9,21H,5,10H2,1-4H3,(H2,19,20,22). The van der Waals surface area contributed by atoms with Crippen LogP contribution >= 0.6 is 0 Å². The second kappa shape index (κ2) is 6.83. The minimum atomic E-state index is -0.640. The van der Waals surface area contributed by atoms with Gasteiger partial charge in [0.25, 0.3) is 0 Å². The topological polar surface area (TPSA) is 87.4 Å². The average Bonchev–Trinajstić information content (AvgIpc) is 2.87. The van der Waals surface area contributed by atoms with E-state index < -0.39 is 5.54 Å². The molecule has 6 heteroatoms. The molecule has 0 spiro atoms. The predicted octanol–water partition coefficient (Wildman–Crippen LogP) is 3.24. The molecular formula is C17H23N3O3. The molecule has 2 aromatic rings. The zero-order valence-corrected chi connectivity index (χ0v) is 13.9. The molecule has 2 amide bonds. The lowest BCUT2D eigenvalue weighted by Gasteiger charge is -2.27. The molecule has 3 N–H and O–H groups in total. The number of aryl methyl sites for hydroxylation is 2. The second-order valence-corrected chi connectivity index (χ2v) is 5.89. The Hall–Kier alpha value is -2.34. The lowest BCUT2D eigenvalue weighted by molar-refractivity contribution is 0.172. The number of nitrogens with one attached hydrogen (secondary N) is 2. The molecule has 0 fully saturated rings. The zero-order valence-electron chi connectivity index (χ0n) is 13.9. The maximum Gasteiger partial charge on any atom is 0.319 e. The van der Waals surface area contributed by atoms with Crippen LogP contribution in [-0.2, 0) is 0 Å². The number of nitrogens with zero attached hydrogens (tertiary/aromatic N) is 1. The summed E-state index contributed by atoms with van der Waals surface area (Å²) in [6.45, 7) is 7.33. The molecule has 0 bridgehead atoms. The van der Waals surface area contributed by atoms with Gasteiger partial charge in [-0.3, -0.25) is 0 Å². The van der Waals surface area contributed by atoms with Crippen molar-refractivity contribution in [1.29, 1.82) is 0 Å². The van der Waals surface area contributed by atoms with Crippen LogP contribution in [0.5, 0.6) is 0 Å². The first-order valence-electron chi connectivity index (χ1n) is 7.61. The van der Waals surface area contributed by atoms with Crippen molar-refractivity contribution in [3.8, 4) is 11.5 Å². The summed E-state index contributed by atoms with van der Waals surface area (Å²) in [5, 5.41) is 14.9. The maximum atomic E-state index is 12.1. The van der Waals surface area contributed by atoms with Crippen LogP contribution in [0.15, 0.2) is 28.7 Å². The summed E-state index contributed by atoms with van der Waals surface area (Å²) < 4.78 is 5.60. The molecule has 1 atom stereocenters. The van der Waals surface area contributed by atoms with Crippen molar-refractivity contribution in [2.75, 3.05) is 11.9 Å². The van der Waals surface area contributed by atoms with E-state index >= 15 is 0 Å². The van der Waals surface area contributed by atoms with Crippen LogP contribution in [0.4, 0.5) is 10.5 Å². The Balaban J connectivity index is 2.13. The minimum Gasteiger partial charge on any atom is -0.441 e. The molecular weight excluding hydrogens is 294 g/mol. The van der Waals surface area contributed by atoms with Crippen molar-refractivity contribution < 1.29 is 14.3 Å². The van der Waals surface area contributed by atoms with Crippen LogP contribution < -0.4 is 10.6 Å². The third-order valence-electron chi connectivity index (χ3n) is 3.94. The molecule has 2 rings (SSSR count). The van der Waals surface area contributed by atoms with E-state index in [1.54, 1.807) is 19.1 Å². The fourth-order valence-electron chi connectivity index (χ4n) is 2.00. The predicted molar refractivity (Wildman–Crippen MR) is 89.3 cm³/mol. The van der Waals surface area contributed by atoms with Crippen molar-refractivity contribution in [1.82, 2.24) is 10.3 Å². The first-order valence-corrected chi connectivity index (χ1v) is 7.61. The average molecular weight is 317 g/mol. The highest BCUT2D eigenvalue weighted by atomic mass is 16.4. The Bertz CT molecular complexity index is 671. The third kappa shape index (κ3) is 4.10. The van der Waals surface area contributed by atoms with Gasteiger partial charge in [-0.15, -0.1) is 0 Å². The van der Waals surface area contributed by atoms with Gasteiger partial charge in [0, 0.05) is 11.3 Å². The number of oxazole rings is 1. The number of rotatable bonds is 5. The lowest BCUT2D eigenvalue weighted by Crippen LogP contribution is -2.50. The van der Waals surface area contributed by atoms with Crippen LogP contribution in [0.1, 0.15) is 31.7 Å². The monoisotopic (exact) mass is 317 g/mol. The Morgan fingerprint density at radius 2 is 2.13 bits per heavy atom.